The van der Waals surface area contributed by atoms with Crippen molar-refractivity contribution in [1.29, 1.82) is 0 Å². The molecule has 4 fully saturated rings. The van der Waals surface area contributed by atoms with Crippen LogP contribution in [0, 0.1) is 17.8 Å². The highest BCUT2D eigenvalue weighted by molar-refractivity contribution is 7.91. The predicted molar refractivity (Wildman–Crippen MR) is 229 cm³/mol. The summed E-state index contributed by atoms with van der Waals surface area (Å²) in [4.78, 5) is 65.3. The van der Waals surface area contributed by atoms with E-state index in [-0.39, 0.29) is 31.2 Å². The van der Waals surface area contributed by atoms with Crippen LogP contribution in [0.2, 0.25) is 0 Å². The summed E-state index contributed by atoms with van der Waals surface area (Å²) >= 11 is 0. The first-order chi connectivity index (χ1) is 30.1. The summed E-state index contributed by atoms with van der Waals surface area (Å²) in [6.07, 6.45) is 0.668. The maximum atomic E-state index is 15.1. The van der Waals surface area contributed by atoms with Crippen LogP contribution in [0.25, 0.3) is 10.8 Å². The van der Waals surface area contributed by atoms with Gasteiger partial charge in [-0.25, -0.2) is 18.2 Å². The minimum absolute atomic E-state index is 0.0419. The second kappa shape index (κ2) is 17.9. The first-order valence-electron chi connectivity index (χ1n) is 22.0. The minimum Gasteiger partial charge on any atom is -0.497 e. The van der Waals surface area contributed by atoms with E-state index in [0.717, 1.165) is 11.1 Å². The van der Waals surface area contributed by atoms with E-state index >= 15 is 4.79 Å². The Bertz CT molecular complexity index is 2270. The van der Waals surface area contributed by atoms with Crippen LogP contribution >= 0.6 is 0 Å². The van der Waals surface area contributed by atoms with Gasteiger partial charge in [0.05, 0.1) is 43.5 Å². The molecule has 16 nitrogen and oxygen atoms in total. The zero-order valence-electron chi connectivity index (χ0n) is 37.1. The molecule has 1 aromatic heterocycles. The third kappa shape index (κ3) is 9.58. The SMILES string of the molecule is CC[C@@H]1C[C@H](C)CC/C=C/[C@@H]2C[C@@]2(C(=O)NS(=O)(=O)C2(C)CC2)NC(=O)[C@@H]2C[C@@H](Oc3ncc(N4CCOCC4)c4cc(OC)ccc34)CN2C(=O)[C@H]1NC(=O)OC(C)(C)C(F)(F)F. The number of benzene rings is 1. The molecule has 7 rings (SSSR count). The fourth-order valence-electron chi connectivity index (χ4n) is 8.88. The average molecular weight is 921 g/mol. The van der Waals surface area contributed by atoms with Gasteiger partial charge in [-0.1, -0.05) is 32.4 Å². The summed E-state index contributed by atoms with van der Waals surface area (Å²) in [5.74, 6) is -2.84. The van der Waals surface area contributed by atoms with Crippen LogP contribution in [0.15, 0.2) is 36.5 Å². The van der Waals surface area contributed by atoms with Crippen LogP contribution in [0.1, 0.15) is 86.0 Å². The number of hydrogen-bond donors (Lipinski definition) is 3. The van der Waals surface area contributed by atoms with E-state index in [2.05, 4.69) is 20.3 Å². The molecule has 0 bridgehead atoms. The summed E-state index contributed by atoms with van der Waals surface area (Å²) in [6.45, 7) is 8.80. The number of alkyl carbamates (subject to hydrolysis) is 1. The van der Waals surface area contributed by atoms with Crippen LogP contribution in [0.4, 0.5) is 23.7 Å². The van der Waals surface area contributed by atoms with E-state index in [1.54, 1.807) is 45.4 Å². The van der Waals surface area contributed by atoms with Crippen LogP contribution in [0.5, 0.6) is 11.6 Å². The number of rotatable bonds is 10. The molecule has 7 atom stereocenters. The number of pyridine rings is 1. The van der Waals surface area contributed by atoms with Crippen molar-refractivity contribution in [1.82, 2.24) is 25.2 Å². The molecule has 352 valence electrons. The standard InChI is InChI=1S/C44H59F3N6O10S/c1-7-27-20-26(2)10-8-9-11-28-23-43(28,39(56)51-64(58,59)42(5)14-15-42)50-36(54)33-22-30(25-53(33)38(55)35(27)49-40(57)63-41(3,4)44(45,46)47)62-37-31-13-12-29(60-6)21-32(31)34(24-48-37)52-16-18-61-19-17-52/h9,11-13,21,24,26-28,30,33,35H,7-8,10,14-20,22-23,25H2,1-6H3,(H,49,57)(H,50,54)(H,51,56)/b11-9+/t26-,27-,28-,30-,33+,35+,43-/m1/s1. The van der Waals surface area contributed by atoms with Crippen molar-refractivity contribution in [3.8, 4) is 11.6 Å². The number of nitrogens with zero attached hydrogens (tertiary/aromatic N) is 3. The molecule has 3 aliphatic heterocycles. The Balaban J connectivity index is 1.25. The zero-order chi connectivity index (χ0) is 46.4. The Morgan fingerprint density at radius 2 is 1.81 bits per heavy atom. The summed E-state index contributed by atoms with van der Waals surface area (Å²) in [6, 6.07) is 2.64. The highest BCUT2D eigenvalue weighted by atomic mass is 32.2. The molecule has 2 aliphatic carbocycles. The van der Waals surface area contributed by atoms with E-state index in [1.807, 2.05) is 19.1 Å². The Morgan fingerprint density at radius 3 is 2.47 bits per heavy atom. The molecule has 2 saturated carbocycles. The van der Waals surface area contributed by atoms with Gasteiger partial charge in [0.2, 0.25) is 33.3 Å². The summed E-state index contributed by atoms with van der Waals surface area (Å²) in [5, 5.41) is 6.68. The van der Waals surface area contributed by atoms with E-state index in [0.29, 0.717) is 89.8 Å². The second-order valence-corrected chi connectivity index (χ2v) is 20.8. The monoisotopic (exact) mass is 920 g/mol. The third-order valence-corrected chi connectivity index (χ3v) is 15.7. The second-order valence-electron chi connectivity index (χ2n) is 18.6. The number of carbonyl (C=O) groups is 4. The number of nitrogens with one attached hydrogen (secondary N) is 3. The zero-order valence-corrected chi connectivity index (χ0v) is 37.9. The summed E-state index contributed by atoms with van der Waals surface area (Å²) in [5.41, 5.74) is -3.73. The Labute approximate surface area is 371 Å². The van der Waals surface area contributed by atoms with E-state index in [1.165, 1.54) is 4.90 Å². The third-order valence-electron chi connectivity index (χ3n) is 13.6. The van der Waals surface area contributed by atoms with Crippen molar-refractivity contribution in [3.05, 3.63) is 36.5 Å². The number of fused-ring (bicyclic) bond motifs is 3. The van der Waals surface area contributed by atoms with Crippen molar-refractivity contribution >= 4 is 50.3 Å². The topological polar surface area (TPSA) is 195 Å². The molecule has 0 unspecified atom stereocenters. The number of alkyl halides is 3. The van der Waals surface area contributed by atoms with Gasteiger partial charge in [0.15, 0.2) is 0 Å². The summed E-state index contributed by atoms with van der Waals surface area (Å²) < 4.78 is 92.0. The first kappa shape index (κ1) is 47.1. The minimum atomic E-state index is -4.92. The van der Waals surface area contributed by atoms with Gasteiger partial charge in [-0.15, -0.1) is 0 Å². The molecule has 2 saturated heterocycles. The van der Waals surface area contributed by atoms with Crippen molar-refractivity contribution in [2.24, 2.45) is 17.8 Å². The quantitative estimate of drug-likeness (QED) is 0.266. The number of anilines is 1. The van der Waals surface area contributed by atoms with Crippen LogP contribution < -0.4 is 29.7 Å². The number of amides is 4. The normalized spacial score (nSPS) is 29.3. The maximum absolute atomic E-state index is 15.1. The Kier molecular flexibility index (Phi) is 13.1. The van der Waals surface area contributed by atoms with Crippen molar-refractivity contribution < 1.29 is 59.7 Å². The number of ether oxygens (including phenoxy) is 4. The molecule has 0 radical (unpaired) electrons. The molecule has 64 heavy (non-hydrogen) atoms. The molecule has 0 spiro atoms. The number of hydrogen-bond acceptors (Lipinski definition) is 12. The number of halogens is 3. The lowest BCUT2D eigenvalue weighted by atomic mass is 9.85. The van der Waals surface area contributed by atoms with Gasteiger partial charge in [-0.05, 0) is 89.3 Å². The molecule has 4 heterocycles. The van der Waals surface area contributed by atoms with Crippen molar-refractivity contribution in [3.63, 3.8) is 0 Å². The number of methoxy groups -OCH3 is 1. The van der Waals surface area contributed by atoms with Gasteiger partial charge in [-0.2, -0.15) is 13.2 Å². The fourth-order valence-corrected chi connectivity index (χ4v) is 10.2. The molecule has 1 aromatic carbocycles. The summed E-state index contributed by atoms with van der Waals surface area (Å²) in [7, 11) is -2.54. The Morgan fingerprint density at radius 1 is 1.09 bits per heavy atom. The van der Waals surface area contributed by atoms with Crippen LogP contribution in [0.3, 0.4) is 0 Å². The first-order valence-corrected chi connectivity index (χ1v) is 23.5. The average Bonchev–Trinajstić information content (AvgIpc) is 4.13. The molecular formula is C44H59F3N6O10S. The highest BCUT2D eigenvalue weighted by Gasteiger charge is 2.63. The van der Waals surface area contributed by atoms with Gasteiger partial charge in [0.25, 0.3) is 5.91 Å². The molecule has 3 N–H and O–H groups in total. The number of sulfonamides is 1. The van der Waals surface area contributed by atoms with Gasteiger partial charge in [-0.3, -0.25) is 19.1 Å². The predicted octanol–water partition coefficient (Wildman–Crippen LogP) is 5.14. The van der Waals surface area contributed by atoms with Gasteiger partial charge < -0.3 is 39.4 Å². The van der Waals surface area contributed by atoms with Crippen molar-refractivity contribution in [2.75, 3.05) is 44.9 Å². The number of carbonyl (C=O) groups excluding carboxylic acids is 4. The number of allylic oxidation sites excluding steroid dienone is 1. The molecule has 2 aromatic rings. The lowest BCUT2D eigenvalue weighted by Gasteiger charge is -2.35. The van der Waals surface area contributed by atoms with Crippen molar-refractivity contribution in [2.45, 2.75) is 126 Å². The molecule has 4 amide bonds. The van der Waals surface area contributed by atoms with Gasteiger partial charge in [0.1, 0.15) is 29.5 Å². The lowest BCUT2D eigenvalue weighted by Crippen LogP contribution is -2.60. The maximum Gasteiger partial charge on any atom is 0.427 e. The van der Waals surface area contributed by atoms with Gasteiger partial charge in [0, 0.05) is 36.2 Å². The van der Waals surface area contributed by atoms with E-state index < -0.39 is 85.9 Å². The largest absolute Gasteiger partial charge is 0.497 e. The number of aromatic nitrogens is 1. The lowest BCUT2D eigenvalue weighted by molar-refractivity contribution is -0.244. The molecule has 5 aliphatic rings. The van der Waals surface area contributed by atoms with Gasteiger partial charge >= 0.3 is 12.3 Å². The molecule has 20 heteroatoms. The fraction of sp³-hybridized carbons (Fsp3) is 0.659. The highest BCUT2D eigenvalue weighted by Crippen LogP contribution is 2.48. The van der Waals surface area contributed by atoms with E-state index in [9.17, 15) is 36.0 Å². The Hall–Kier alpha value is -4.85. The van der Waals surface area contributed by atoms with Crippen LogP contribution in [-0.4, -0.2) is 122 Å². The smallest absolute Gasteiger partial charge is 0.427 e. The van der Waals surface area contributed by atoms with E-state index in [4.69, 9.17) is 23.9 Å². The molecular weight excluding hydrogens is 862 g/mol. The number of morpholine rings is 1. The van der Waals surface area contributed by atoms with Crippen LogP contribution in [-0.2, 0) is 33.9 Å².